The second-order valence-corrected chi connectivity index (χ2v) is 5.69. The molecule has 1 aliphatic carbocycles. The third kappa shape index (κ3) is 2.77. The summed E-state index contributed by atoms with van der Waals surface area (Å²) >= 11 is 0. The Kier molecular flexibility index (Phi) is 4.48. The highest BCUT2D eigenvalue weighted by molar-refractivity contribution is 5.32. The van der Waals surface area contributed by atoms with E-state index in [0.717, 1.165) is 5.75 Å². The minimum Gasteiger partial charge on any atom is -0.494 e. The van der Waals surface area contributed by atoms with Gasteiger partial charge in [0.2, 0.25) is 0 Å². The average molecular weight is 262 g/mol. The molecule has 0 aromatic heterocycles. The fourth-order valence-electron chi connectivity index (χ4n) is 3.30. The number of nitrogens with zero attached hydrogens (tertiary/aromatic N) is 1. The molecule has 3 heteroatoms. The molecule has 0 amide bonds. The highest BCUT2D eigenvalue weighted by Gasteiger charge is 2.42. The van der Waals surface area contributed by atoms with Gasteiger partial charge in [-0.15, -0.1) is 0 Å². The Morgan fingerprint density at radius 2 is 2.00 bits per heavy atom. The quantitative estimate of drug-likeness (QED) is 0.886. The van der Waals surface area contributed by atoms with Crippen LogP contribution in [0.1, 0.15) is 44.2 Å². The maximum atomic E-state index is 6.60. The van der Waals surface area contributed by atoms with E-state index in [1.807, 2.05) is 19.1 Å². The van der Waals surface area contributed by atoms with Gasteiger partial charge in [0, 0.05) is 11.6 Å². The van der Waals surface area contributed by atoms with Crippen LogP contribution in [0.4, 0.5) is 0 Å². The lowest BCUT2D eigenvalue weighted by molar-refractivity contribution is 0.123. The summed E-state index contributed by atoms with van der Waals surface area (Å²) in [7, 11) is 4.30. The zero-order valence-corrected chi connectivity index (χ0v) is 12.4. The van der Waals surface area contributed by atoms with Gasteiger partial charge in [-0.2, -0.15) is 0 Å². The van der Waals surface area contributed by atoms with Crippen LogP contribution < -0.4 is 10.5 Å². The van der Waals surface area contributed by atoms with Crippen molar-refractivity contribution < 1.29 is 4.74 Å². The largest absolute Gasteiger partial charge is 0.494 e. The molecule has 106 valence electrons. The summed E-state index contributed by atoms with van der Waals surface area (Å²) in [5, 5.41) is 0. The fourth-order valence-corrected chi connectivity index (χ4v) is 3.30. The van der Waals surface area contributed by atoms with E-state index in [9.17, 15) is 0 Å². The first-order valence-electron chi connectivity index (χ1n) is 7.26. The van der Waals surface area contributed by atoms with Crippen LogP contribution in [0.2, 0.25) is 0 Å². The predicted molar refractivity (Wildman–Crippen MR) is 79.4 cm³/mol. The third-order valence-corrected chi connectivity index (χ3v) is 4.47. The van der Waals surface area contributed by atoms with Crippen LogP contribution in [0, 0.1) is 0 Å². The molecule has 1 saturated carbocycles. The van der Waals surface area contributed by atoms with Crippen molar-refractivity contribution in [1.82, 2.24) is 4.90 Å². The van der Waals surface area contributed by atoms with Crippen LogP contribution in [0.25, 0.3) is 0 Å². The molecule has 3 nitrogen and oxygen atoms in total. The van der Waals surface area contributed by atoms with E-state index in [4.69, 9.17) is 10.5 Å². The molecule has 19 heavy (non-hydrogen) atoms. The molecule has 1 aromatic carbocycles. The lowest BCUT2D eigenvalue weighted by atomic mass is 9.83. The van der Waals surface area contributed by atoms with Gasteiger partial charge < -0.3 is 15.4 Å². The molecule has 1 fully saturated rings. The van der Waals surface area contributed by atoms with Crippen molar-refractivity contribution in [1.29, 1.82) is 0 Å². The van der Waals surface area contributed by atoms with Crippen LogP contribution in [0.15, 0.2) is 24.3 Å². The minimum absolute atomic E-state index is 0.0467. The SMILES string of the molecule is CCOc1cccc(C(N)C2(N(C)C)CCCC2)c1. The van der Waals surface area contributed by atoms with Crippen LogP contribution in [-0.4, -0.2) is 31.1 Å². The first kappa shape index (κ1) is 14.4. The Hall–Kier alpha value is -1.06. The predicted octanol–water partition coefficient (Wildman–Crippen LogP) is 2.96. The number of hydrogen-bond donors (Lipinski definition) is 1. The van der Waals surface area contributed by atoms with Crippen molar-refractivity contribution in [2.75, 3.05) is 20.7 Å². The Balaban J connectivity index is 2.26. The van der Waals surface area contributed by atoms with E-state index in [-0.39, 0.29) is 11.6 Å². The van der Waals surface area contributed by atoms with E-state index >= 15 is 0 Å². The van der Waals surface area contributed by atoms with Crippen LogP contribution >= 0.6 is 0 Å². The minimum atomic E-state index is 0.0467. The molecule has 0 bridgehead atoms. The van der Waals surface area contributed by atoms with Gasteiger partial charge in [-0.3, -0.25) is 0 Å². The van der Waals surface area contributed by atoms with Crippen molar-refractivity contribution in [3.63, 3.8) is 0 Å². The second-order valence-electron chi connectivity index (χ2n) is 5.69. The topological polar surface area (TPSA) is 38.5 Å². The molecular weight excluding hydrogens is 236 g/mol. The van der Waals surface area contributed by atoms with Crippen molar-refractivity contribution in [3.8, 4) is 5.75 Å². The molecule has 2 N–H and O–H groups in total. The molecule has 1 unspecified atom stereocenters. The van der Waals surface area contributed by atoms with Crippen LogP contribution in [0.3, 0.4) is 0 Å². The Morgan fingerprint density at radius 1 is 1.32 bits per heavy atom. The van der Waals surface area contributed by atoms with Crippen molar-refractivity contribution >= 4 is 0 Å². The van der Waals surface area contributed by atoms with Crippen molar-refractivity contribution in [2.24, 2.45) is 5.73 Å². The lowest BCUT2D eigenvalue weighted by Gasteiger charge is -2.41. The molecule has 0 heterocycles. The van der Waals surface area contributed by atoms with Gasteiger partial charge in [-0.1, -0.05) is 25.0 Å². The number of likely N-dealkylation sites (N-methyl/N-ethyl adjacent to an activating group) is 1. The van der Waals surface area contributed by atoms with E-state index in [1.54, 1.807) is 0 Å². The summed E-state index contributed by atoms with van der Waals surface area (Å²) in [5.74, 6) is 0.919. The highest BCUT2D eigenvalue weighted by Crippen LogP contribution is 2.42. The second kappa shape index (κ2) is 5.93. The van der Waals surface area contributed by atoms with Gasteiger partial charge in [0.25, 0.3) is 0 Å². The van der Waals surface area contributed by atoms with E-state index in [2.05, 4.69) is 31.1 Å². The third-order valence-electron chi connectivity index (χ3n) is 4.47. The average Bonchev–Trinajstić information content (AvgIpc) is 2.89. The highest BCUT2D eigenvalue weighted by atomic mass is 16.5. The smallest absolute Gasteiger partial charge is 0.119 e. The summed E-state index contributed by atoms with van der Waals surface area (Å²) in [6, 6.07) is 8.30. The summed E-state index contributed by atoms with van der Waals surface area (Å²) in [5.41, 5.74) is 7.89. The monoisotopic (exact) mass is 262 g/mol. The zero-order valence-electron chi connectivity index (χ0n) is 12.4. The molecule has 0 aliphatic heterocycles. The summed E-state index contributed by atoms with van der Waals surface area (Å²) in [4.78, 5) is 2.32. The Morgan fingerprint density at radius 3 is 2.58 bits per heavy atom. The first-order chi connectivity index (χ1) is 9.10. The number of ether oxygens (including phenoxy) is 1. The maximum absolute atomic E-state index is 6.60. The first-order valence-corrected chi connectivity index (χ1v) is 7.26. The number of hydrogen-bond acceptors (Lipinski definition) is 3. The lowest BCUT2D eigenvalue weighted by Crippen LogP contribution is -2.50. The van der Waals surface area contributed by atoms with E-state index < -0.39 is 0 Å². The summed E-state index contributed by atoms with van der Waals surface area (Å²) < 4.78 is 5.58. The number of rotatable bonds is 5. The van der Waals surface area contributed by atoms with Gasteiger partial charge >= 0.3 is 0 Å². The summed E-state index contributed by atoms with van der Waals surface area (Å²) in [6.07, 6.45) is 4.91. The number of nitrogens with two attached hydrogens (primary N) is 1. The summed E-state index contributed by atoms with van der Waals surface area (Å²) in [6.45, 7) is 2.70. The molecule has 2 rings (SSSR count). The van der Waals surface area contributed by atoms with Gasteiger partial charge in [0.1, 0.15) is 5.75 Å². The maximum Gasteiger partial charge on any atom is 0.119 e. The van der Waals surface area contributed by atoms with Crippen LogP contribution in [-0.2, 0) is 0 Å². The molecular formula is C16H26N2O. The van der Waals surface area contributed by atoms with Gasteiger partial charge in [0.15, 0.2) is 0 Å². The van der Waals surface area contributed by atoms with Gasteiger partial charge in [-0.05, 0) is 51.6 Å². The molecule has 0 saturated heterocycles. The Labute approximate surface area is 116 Å². The Bertz CT molecular complexity index is 411. The van der Waals surface area contributed by atoms with Crippen molar-refractivity contribution in [3.05, 3.63) is 29.8 Å². The van der Waals surface area contributed by atoms with E-state index in [1.165, 1.54) is 31.2 Å². The zero-order chi connectivity index (χ0) is 13.9. The van der Waals surface area contributed by atoms with Crippen molar-refractivity contribution in [2.45, 2.75) is 44.2 Å². The molecule has 0 radical (unpaired) electrons. The molecule has 1 aliphatic rings. The van der Waals surface area contributed by atoms with Gasteiger partial charge in [-0.25, -0.2) is 0 Å². The normalized spacial score (nSPS) is 19.6. The molecule has 1 atom stereocenters. The fraction of sp³-hybridized carbons (Fsp3) is 0.625. The molecule has 0 spiro atoms. The number of benzene rings is 1. The standard InChI is InChI=1S/C16H26N2O/c1-4-19-14-9-7-8-13(12-14)15(17)16(18(2)3)10-5-6-11-16/h7-9,12,15H,4-6,10-11,17H2,1-3H3. The van der Waals surface area contributed by atoms with Gasteiger partial charge in [0.05, 0.1) is 6.61 Å². The van der Waals surface area contributed by atoms with Crippen LogP contribution in [0.5, 0.6) is 5.75 Å². The van der Waals surface area contributed by atoms with E-state index in [0.29, 0.717) is 6.61 Å². The molecule has 1 aromatic rings.